The third-order valence-electron chi connectivity index (χ3n) is 5.02. The van der Waals surface area contributed by atoms with E-state index in [0.29, 0.717) is 13.1 Å². The van der Waals surface area contributed by atoms with Gasteiger partial charge >= 0.3 is 12.0 Å². The van der Waals surface area contributed by atoms with Crippen molar-refractivity contribution in [3.05, 3.63) is 0 Å². The van der Waals surface area contributed by atoms with Crippen LogP contribution >= 0.6 is 0 Å². The highest BCUT2D eigenvalue weighted by Crippen LogP contribution is 2.35. The Morgan fingerprint density at radius 3 is 2.50 bits per heavy atom. The highest BCUT2D eigenvalue weighted by atomic mass is 16.4. The van der Waals surface area contributed by atoms with Gasteiger partial charge in [-0.3, -0.25) is 0 Å². The molecule has 0 bridgehead atoms. The number of nitrogens with zero attached hydrogens (tertiary/aromatic N) is 2. The lowest BCUT2D eigenvalue weighted by Gasteiger charge is -2.47. The zero-order valence-electron chi connectivity index (χ0n) is 12.6. The molecule has 0 radical (unpaired) electrons. The van der Waals surface area contributed by atoms with Gasteiger partial charge in [0.1, 0.15) is 6.04 Å². The zero-order chi connectivity index (χ0) is 14.9. The maximum atomic E-state index is 12.2. The summed E-state index contributed by atoms with van der Waals surface area (Å²) in [4.78, 5) is 27.2. The summed E-state index contributed by atoms with van der Waals surface area (Å²) in [6, 6.07) is -0.929. The Labute approximate surface area is 120 Å². The Kier molecular flexibility index (Phi) is 4.22. The molecule has 6 heteroatoms. The number of likely N-dealkylation sites (N-methyl/N-ethyl adjacent to an activating group) is 1. The highest BCUT2D eigenvalue weighted by molar-refractivity contribution is 5.83. The number of carboxylic acid groups (broad SMARTS) is 1. The number of carbonyl (C=O) groups is 2. The van der Waals surface area contributed by atoms with Gasteiger partial charge in [0.15, 0.2) is 0 Å². The lowest BCUT2D eigenvalue weighted by atomic mass is 9.75. The van der Waals surface area contributed by atoms with Gasteiger partial charge in [0, 0.05) is 18.6 Å². The topological polar surface area (TPSA) is 72.9 Å². The molecule has 1 saturated carbocycles. The molecule has 2 aliphatic rings. The molecule has 2 amide bonds. The predicted molar refractivity (Wildman–Crippen MR) is 75.6 cm³/mol. The van der Waals surface area contributed by atoms with E-state index in [9.17, 15) is 14.7 Å². The fourth-order valence-electron chi connectivity index (χ4n) is 3.26. The van der Waals surface area contributed by atoms with Crippen LogP contribution in [-0.4, -0.2) is 65.7 Å². The minimum Gasteiger partial charge on any atom is -0.480 e. The van der Waals surface area contributed by atoms with E-state index in [2.05, 4.69) is 10.2 Å². The average Bonchev–Trinajstić information content (AvgIpc) is 2.69. The number of rotatable bonds is 4. The standard InChI is InChI=1S/C14H25N3O3/c1-10-5-8-17(11(10)12(18)19)13(20)15-9-14(16(2)3)6-4-7-14/h10-11H,4-9H2,1-3H3,(H,15,20)(H,18,19). The van der Waals surface area contributed by atoms with Crippen LogP contribution in [-0.2, 0) is 4.79 Å². The molecule has 2 N–H and O–H groups in total. The lowest BCUT2D eigenvalue weighted by molar-refractivity contribution is -0.142. The van der Waals surface area contributed by atoms with Crippen LogP contribution in [0.4, 0.5) is 4.79 Å². The van der Waals surface area contributed by atoms with Crippen molar-refractivity contribution in [3.63, 3.8) is 0 Å². The minimum atomic E-state index is -0.906. The second-order valence-corrected chi connectivity index (χ2v) is 6.37. The Balaban J connectivity index is 1.93. The molecular formula is C14H25N3O3. The first-order valence-electron chi connectivity index (χ1n) is 7.32. The van der Waals surface area contributed by atoms with Gasteiger partial charge in [-0.25, -0.2) is 9.59 Å². The number of hydrogen-bond acceptors (Lipinski definition) is 3. The van der Waals surface area contributed by atoms with Gasteiger partial charge in [-0.15, -0.1) is 0 Å². The maximum Gasteiger partial charge on any atom is 0.326 e. The quantitative estimate of drug-likeness (QED) is 0.806. The van der Waals surface area contributed by atoms with Crippen molar-refractivity contribution in [3.8, 4) is 0 Å². The molecule has 0 aromatic heterocycles. The molecule has 1 heterocycles. The Bertz CT molecular complexity index is 393. The molecule has 0 aromatic rings. The van der Waals surface area contributed by atoms with Crippen molar-refractivity contribution in [1.29, 1.82) is 0 Å². The summed E-state index contributed by atoms with van der Waals surface area (Å²) < 4.78 is 0. The fourth-order valence-corrected chi connectivity index (χ4v) is 3.26. The van der Waals surface area contributed by atoms with Crippen LogP contribution in [0.2, 0.25) is 0 Å². The van der Waals surface area contributed by atoms with E-state index in [1.807, 2.05) is 21.0 Å². The van der Waals surface area contributed by atoms with Crippen molar-refractivity contribution in [1.82, 2.24) is 15.1 Å². The molecule has 2 unspecified atom stereocenters. The Morgan fingerprint density at radius 2 is 2.05 bits per heavy atom. The average molecular weight is 283 g/mol. The second kappa shape index (κ2) is 5.60. The second-order valence-electron chi connectivity index (χ2n) is 6.37. The van der Waals surface area contributed by atoms with E-state index in [1.165, 1.54) is 11.3 Å². The van der Waals surface area contributed by atoms with Gasteiger partial charge < -0.3 is 20.2 Å². The number of amides is 2. The Hall–Kier alpha value is -1.30. The molecule has 1 aliphatic carbocycles. The van der Waals surface area contributed by atoms with Crippen LogP contribution in [0.3, 0.4) is 0 Å². The number of nitrogens with one attached hydrogen (secondary N) is 1. The molecule has 6 nitrogen and oxygen atoms in total. The predicted octanol–water partition coefficient (Wildman–Crippen LogP) is 0.975. The molecule has 2 atom stereocenters. The van der Waals surface area contributed by atoms with E-state index in [1.54, 1.807) is 0 Å². The van der Waals surface area contributed by atoms with Crippen molar-refractivity contribution in [2.24, 2.45) is 5.92 Å². The van der Waals surface area contributed by atoms with Crippen LogP contribution in [0.5, 0.6) is 0 Å². The van der Waals surface area contributed by atoms with E-state index < -0.39 is 12.0 Å². The van der Waals surface area contributed by atoms with Crippen molar-refractivity contribution < 1.29 is 14.7 Å². The Morgan fingerprint density at radius 1 is 1.40 bits per heavy atom. The van der Waals surface area contributed by atoms with Gasteiger partial charge in [-0.05, 0) is 45.7 Å². The van der Waals surface area contributed by atoms with E-state index in [4.69, 9.17) is 0 Å². The number of hydrogen-bond donors (Lipinski definition) is 2. The molecule has 1 saturated heterocycles. The van der Waals surface area contributed by atoms with Crippen molar-refractivity contribution in [2.75, 3.05) is 27.2 Å². The normalized spacial score (nSPS) is 28.3. The van der Waals surface area contributed by atoms with Gasteiger partial charge in [0.25, 0.3) is 0 Å². The molecule has 2 rings (SSSR count). The first-order valence-corrected chi connectivity index (χ1v) is 7.32. The van der Waals surface area contributed by atoms with Gasteiger partial charge in [0.2, 0.25) is 0 Å². The smallest absolute Gasteiger partial charge is 0.326 e. The number of likely N-dealkylation sites (tertiary alicyclic amines) is 1. The lowest BCUT2D eigenvalue weighted by Crippen LogP contribution is -2.59. The summed E-state index contributed by atoms with van der Waals surface area (Å²) in [7, 11) is 4.06. The largest absolute Gasteiger partial charge is 0.480 e. The molecule has 0 aromatic carbocycles. The first-order chi connectivity index (χ1) is 9.37. The molecular weight excluding hydrogens is 258 g/mol. The molecule has 0 spiro atoms. The summed E-state index contributed by atoms with van der Waals surface area (Å²) in [6.07, 6.45) is 4.11. The van der Waals surface area contributed by atoms with E-state index >= 15 is 0 Å². The highest BCUT2D eigenvalue weighted by Gasteiger charge is 2.42. The third-order valence-corrected chi connectivity index (χ3v) is 5.02. The summed E-state index contributed by atoms with van der Waals surface area (Å²) in [5.41, 5.74) is 0.0553. The molecule has 114 valence electrons. The number of aliphatic carboxylic acids is 1. The molecule has 1 aliphatic heterocycles. The fraction of sp³-hybridized carbons (Fsp3) is 0.857. The maximum absolute atomic E-state index is 12.2. The molecule has 2 fully saturated rings. The minimum absolute atomic E-state index is 0.0183. The summed E-state index contributed by atoms with van der Waals surface area (Å²) >= 11 is 0. The number of carbonyl (C=O) groups excluding carboxylic acids is 1. The van der Waals surface area contributed by atoms with Crippen LogP contribution in [0.25, 0.3) is 0 Å². The third kappa shape index (κ3) is 2.61. The number of carboxylic acids is 1. The number of urea groups is 1. The van der Waals surface area contributed by atoms with Crippen LogP contribution in [0.1, 0.15) is 32.6 Å². The van der Waals surface area contributed by atoms with Crippen molar-refractivity contribution >= 4 is 12.0 Å². The zero-order valence-corrected chi connectivity index (χ0v) is 12.6. The summed E-state index contributed by atoms with van der Waals surface area (Å²) in [5.74, 6) is -0.888. The monoisotopic (exact) mass is 283 g/mol. The van der Waals surface area contributed by atoms with Crippen LogP contribution in [0.15, 0.2) is 0 Å². The van der Waals surface area contributed by atoms with Gasteiger partial charge in [-0.2, -0.15) is 0 Å². The van der Waals surface area contributed by atoms with Crippen LogP contribution < -0.4 is 5.32 Å². The van der Waals surface area contributed by atoms with Gasteiger partial charge in [0.05, 0.1) is 0 Å². The SMILES string of the molecule is CC1CCN(C(=O)NCC2(N(C)C)CCC2)C1C(=O)O. The first kappa shape index (κ1) is 15.1. The van der Waals surface area contributed by atoms with Crippen molar-refractivity contribution in [2.45, 2.75) is 44.2 Å². The van der Waals surface area contributed by atoms with Gasteiger partial charge in [-0.1, -0.05) is 6.92 Å². The molecule has 20 heavy (non-hydrogen) atoms. The summed E-state index contributed by atoms with van der Waals surface area (Å²) in [5, 5.41) is 12.2. The van der Waals surface area contributed by atoms with Crippen LogP contribution in [0, 0.1) is 5.92 Å². The van der Waals surface area contributed by atoms with E-state index in [0.717, 1.165) is 19.3 Å². The summed E-state index contributed by atoms with van der Waals surface area (Å²) in [6.45, 7) is 3.01. The van der Waals surface area contributed by atoms with E-state index in [-0.39, 0.29) is 17.5 Å².